The van der Waals surface area contributed by atoms with Crippen LogP contribution in [0.15, 0.2) is 12.2 Å². The Hall–Kier alpha value is -1.20. The van der Waals surface area contributed by atoms with Crippen LogP contribution in [0, 0.1) is 33.3 Å². The van der Waals surface area contributed by atoms with Gasteiger partial charge in [0.05, 0.1) is 0 Å². The van der Waals surface area contributed by atoms with Crippen LogP contribution in [0.1, 0.15) is 19.8 Å². The van der Waals surface area contributed by atoms with Crippen LogP contribution < -0.4 is 0 Å². The Labute approximate surface area is 121 Å². The second kappa shape index (κ2) is 90.7. The third kappa shape index (κ3) is 109. The van der Waals surface area contributed by atoms with E-state index in [2.05, 4.69) is 62.1 Å². The number of hydrogen-bond acceptors (Lipinski definition) is 1. The molecule has 0 N–H and O–H groups in total. The summed E-state index contributed by atoms with van der Waals surface area (Å²) in [4.78, 5) is 0. The zero-order chi connectivity index (χ0) is 17.1. The number of rotatable bonds is 4. The Balaban J connectivity index is -0.0000000356. The van der Waals surface area contributed by atoms with Gasteiger partial charge in [-0.25, -0.2) is 0 Å². The van der Waals surface area contributed by atoms with Crippen molar-refractivity contribution in [1.82, 2.24) is 0 Å². The molecule has 7 heteroatoms. The molecule has 102 valence electrons. The summed E-state index contributed by atoms with van der Waals surface area (Å²) < 4.78 is 43.2. The summed E-state index contributed by atoms with van der Waals surface area (Å²) in [6.45, 7) is 24.6. The first-order valence-corrected chi connectivity index (χ1v) is 4.71. The fraction of sp³-hybridized carbons (Fsp3) is 0.333. The molecule has 0 amide bonds. The van der Waals surface area contributed by atoms with Gasteiger partial charge in [0, 0.05) is 0 Å². The average molecular weight is 304 g/mol. The molecule has 0 rings (SSSR count). The summed E-state index contributed by atoms with van der Waals surface area (Å²) in [6.07, 6.45) is 6.35. The van der Waals surface area contributed by atoms with Crippen molar-refractivity contribution in [1.29, 1.82) is 0 Å². The number of unbranched alkanes of at least 4 members (excludes halogenated alkanes) is 1. The fourth-order valence-electron chi connectivity index (χ4n) is 0.414. The fourth-order valence-corrected chi connectivity index (χ4v) is 0.565. The Morgan fingerprint density at radius 1 is 0.947 bits per heavy atom. The van der Waals surface area contributed by atoms with E-state index < -0.39 is 0 Å². The van der Waals surface area contributed by atoms with Crippen LogP contribution in [-0.2, 0) is 43.8 Å². The third-order valence-electron chi connectivity index (χ3n) is 0.910. The van der Waals surface area contributed by atoms with E-state index >= 15 is 0 Å². The van der Waals surface area contributed by atoms with Gasteiger partial charge in [-0.1, -0.05) is 0 Å². The molecular formula is C12H12CrO6. The van der Waals surface area contributed by atoms with E-state index in [1.165, 1.54) is 6.42 Å². The quantitative estimate of drug-likeness (QED) is 0.569. The van der Waals surface area contributed by atoms with Crippen molar-refractivity contribution in [3.8, 4) is 0 Å². The van der Waals surface area contributed by atoms with Crippen LogP contribution in [0.25, 0.3) is 0 Å². The molecular weight excluding hydrogens is 292 g/mol. The minimum atomic E-state index is 0.850. The van der Waals surface area contributed by atoms with Crippen molar-refractivity contribution in [3.63, 3.8) is 0 Å². The topological polar surface area (TPSA) is 109 Å². The van der Waals surface area contributed by atoms with Crippen LogP contribution in [0.5, 0.6) is 0 Å². The molecule has 0 bridgehead atoms. The zero-order valence-corrected chi connectivity index (χ0v) is 11.7. The Kier molecular flexibility index (Phi) is 172. The van der Waals surface area contributed by atoms with E-state index in [4.69, 9.17) is 28.0 Å². The standard InChI is InChI=1S/C7H12O.5CO.Cr/c1-3-4-5-6-7-8-2;5*1-2;/h5-6H,3-4H2,1-2H3;;;;;;/b6-5+;;;;;;. The van der Waals surface area contributed by atoms with Crippen LogP contribution in [0.2, 0.25) is 0 Å². The van der Waals surface area contributed by atoms with Crippen molar-refractivity contribution in [2.45, 2.75) is 19.8 Å². The van der Waals surface area contributed by atoms with E-state index in [0.717, 1.165) is 11.0 Å². The van der Waals surface area contributed by atoms with Gasteiger partial charge in [0.2, 0.25) is 0 Å². The molecule has 0 fully saturated rings. The molecule has 0 spiro atoms. The molecule has 0 aromatic heterocycles. The van der Waals surface area contributed by atoms with Crippen LogP contribution in [-0.4, -0.2) is 11.7 Å². The second-order valence-corrected chi connectivity index (χ2v) is 2.34. The van der Waals surface area contributed by atoms with E-state index in [9.17, 15) is 0 Å². The molecule has 0 saturated heterocycles. The molecule has 0 heterocycles. The van der Waals surface area contributed by atoms with Crippen molar-refractivity contribution >= 4 is 4.57 Å². The second-order valence-electron chi connectivity index (χ2n) is 1.71. The third-order valence-corrected chi connectivity index (χ3v) is 1.38. The van der Waals surface area contributed by atoms with E-state index in [0.29, 0.717) is 0 Å². The molecule has 0 unspecified atom stereocenters. The zero-order valence-electron chi connectivity index (χ0n) is 10.4. The first kappa shape index (κ1) is 36.1. The minimum absolute atomic E-state index is 0.850. The molecule has 6 nitrogen and oxygen atoms in total. The Morgan fingerprint density at radius 3 is 1.47 bits per heavy atom. The van der Waals surface area contributed by atoms with Gasteiger partial charge in [0.25, 0.3) is 0 Å². The Morgan fingerprint density at radius 2 is 1.26 bits per heavy atom. The molecule has 0 radical (unpaired) electrons. The van der Waals surface area contributed by atoms with Crippen molar-refractivity contribution in [2.24, 2.45) is 0 Å². The maximum atomic E-state index is 7.50. The van der Waals surface area contributed by atoms with Crippen molar-refractivity contribution in [2.75, 3.05) is 7.11 Å². The van der Waals surface area contributed by atoms with Gasteiger partial charge in [0.1, 0.15) is 0 Å². The SMILES string of the molecule is CCC/C=C/[C](=[Cr])OC.[C-]#[O+].[C-]#[O+].[C-]#[O+].[C-]#[O+].[C-]#[O+]. The monoisotopic (exact) mass is 304 g/mol. The summed E-state index contributed by atoms with van der Waals surface area (Å²) in [5.74, 6) is 0. The van der Waals surface area contributed by atoms with E-state index in [1.807, 2.05) is 6.08 Å². The van der Waals surface area contributed by atoms with Crippen LogP contribution in [0.4, 0.5) is 0 Å². The molecule has 19 heavy (non-hydrogen) atoms. The van der Waals surface area contributed by atoms with Crippen molar-refractivity contribution < 1.29 is 43.8 Å². The van der Waals surface area contributed by atoms with Gasteiger partial charge in [0.15, 0.2) is 0 Å². The summed E-state index contributed by atoms with van der Waals surface area (Å²) >= 11 is 2.79. The molecule has 0 aliphatic rings. The van der Waals surface area contributed by atoms with Crippen molar-refractivity contribution in [3.05, 3.63) is 45.4 Å². The molecule has 0 aliphatic heterocycles. The maximum absolute atomic E-state index is 7.50. The van der Waals surface area contributed by atoms with Crippen LogP contribution in [0.3, 0.4) is 0 Å². The summed E-state index contributed by atoms with van der Waals surface area (Å²) in [5.41, 5.74) is 0. The molecule has 0 aromatic carbocycles. The molecule has 0 aromatic rings. The summed E-state index contributed by atoms with van der Waals surface area (Å²) in [7, 11) is 1.65. The predicted octanol–water partition coefficient (Wildman–Crippen LogP) is 1.48. The first-order chi connectivity index (χ1) is 9.31. The predicted molar refractivity (Wildman–Crippen MR) is 55.7 cm³/mol. The van der Waals surface area contributed by atoms with Gasteiger partial charge in [-0.15, -0.1) is 0 Å². The number of hydrogen-bond donors (Lipinski definition) is 0. The van der Waals surface area contributed by atoms with Gasteiger partial charge in [-0.2, -0.15) is 0 Å². The number of methoxy groups -OCH3 is 1. The number of ether oxygens (including phenoxy) is 1. The molecule has 0 atom stereocenters. The summed E-state index contributed by atoms with van der Waals surface area (Å²) in [6, 6.07) is 0. The first-order valence-electron chi connectivity index (χ1n) is 4.07. The Bertz CT molecular complexity index is 237. The van der Waals surface area contributed by atoms with Gasteiger partial charge in [-0.3, -0.25) is 0 Å². The number of allylic oxidation sites excluding steroid dienone is 1. The molecule has 0 aliphatic carbocycles. The van der Waals surface area contributed by atoms with Gasteiger partial charge in [-0.05, 0) is 0 Å². The van der Waals surface area contributed by atoms with Gasteiger partial charge < -0.3 is 0 Å². The van der Waals surface area contributed by atoms with Crippen LogP contribution >= 0.6 is 0 Å². The molecule has 0 saturated carbocycles. The van der Waals surface area contributed by atoms with E-state index in [1.54, 1.807) is 7.11 Å². The average Bonchev–Trinajstić information content (AvgIpc) is 2.57. The van der Waals surface area contributed by atoms with E-state index in [-0.39, 0.29) is 0 Å². The van der Waals surface area contributed by atoms with Gasteiger partial charge >= 0.3 is 121 Å². The summed E-state index contributed by atoms with van der Waals surface area (Å²) in [5, 5.41) is 0. The normalized spacial score (nSPS) is 5.47.